The number of nitrogens with zero attached hydrogens (tertiary/aromatic N) is 2. The van der Waals surface area contributed by atoms with E-state index in [4.69, 9.17) is 0 Å². The fraction of sp³-hybridized carbons (Fsp3) is 0.0476. The van der Waals surface area contributed by atoms with Gasteiger partial charge >= 0.3 is 0 Å². The Morgan fingerprint density at radius 3 is 1.57 bits per heavy atom. The van der Waals surface area contributed by atoms with Crippen molar-refractivity contribution in [3.8, 4) is 22.3 Å². The van der Waals surface area contributed by atoms with Gasteiger partial charge in [0.2, 0.25) is 0 Å². The van der Waals surface area contributed by atoms with Crippen molar-refractivity contribution in [2.45, 2.75) is 0 Å². The minimum absolute atomic E-state index is 0.653. The Morgan fingerprint density at radius 2 is 1.17 bits per heavy atom. The maximum absolute atomic E-state index is 4.23. The van der Waals surface area contributed by atoms with E-state index < -0.39 is 0 Å². The smallest absolute Gasteiger partial charge is 0.153 e. The molecule has 0 aliphatic rings. The molecule has 0 atom stereocenters. The fourth-order valence-electron chi connectivity index (χ4n) is 2.64. The van der Waals surface area contributed by atoms with Crippen molar-refractivity contribution in [1.82, 2.24) is 0 Å². The number of aliphatic imine (C=N–C) groups is 2. The molecule has 0 saturated heterocycles. The van der Waals surface area contributed by atoms with E-state index in [9.17, 15) is 0 Å². The summed E-state index contributed by atoms with van der Waals surface area (Å²) in [4.78, 5) is 8.28. The molecule has 112 valence electrons. The molecule has 0 spiro atoms. The van der Waals surface area contributed by atoms with Crippen LogP contribution in [-0.4, -0.2) is 19.6 Å². The van der Waals surface area contributed by atoms with Crippen LogP contribution < -0.4 is 0 Å². The highest BCUT2D eigenvalue weighted by Gasteiger charge is 2.08. The van der Waals surface area contributed by atoms with Gasteiger partial charge in [0.15, 0.2) is 5.84 Å². The highest BCUT2D eigenvalue weighted by Crippen LogP contribution is 2.28. The third-order valence-electron chi connectivity index (χ3n) is 3.77. The Hall–Kier alpha value is -3.00. The first kappa shape index (κ1) is 14.9. The highest BCUT2D eigenvalue weighted by molar-refractivity contribution is 6.03. The monoisotopic (exact) mass is 298 g/mol. The molecular weight excluding hydrogens is 280 g/mol. The normalized spacial score (nSPS) is 11.3. The van der Waals surface area contributed by atoms with E-state index in [2.05, 4.69) is 59.2 Å². The highest BCUT2D eigenvalue weighted by atomic mass is 14.9. The van der Waals surface area contributed by atoms with Gasteiger partial charge in [-0.2, -0.15) is 0 Å². The molecule has 0 unspecified atom stereocenters. The van der Waals surface area contributed by atoms with Crippen molar-refractivity contribution in [3.63, 3.8) is 0 Å². The number of rotatable bonds is 3. The Morgan fingerprint density at radius 1 is 0.696 bits per heavy atom. The lowest BCUT2D eigenvalue weighted by molar-refractivity contribution is 1.39. The molecule has 0 aromatic heterocycles. The number of hydrogen-bond donors (Lipinski definition) is 0. The topological polar surface area (TPSA) is 24.7 Å². The molecule has 0 radical (unpaired) electrons. The molecule has 23 heavy (non-hydrogen) atoms. The minimum atomic E-state index is 0.653. The van der Waals surface area contributed by atoms with Gasteiger partial charge in [0.05, 0.1) is 0 Å². The summed E-state index contributed by atoms with van der Waals surface area (Å²) in [6.45, 7) is 3.63. The van der Waals surface area contributed by atoms with Gasteiger partial charge in [-0.15, -0.1) is 0 Å². The number of amidine groups is 1. The summed E-state index contributed by atoms with van der Waals surface area (Å²) in [7, 11) is 1.74. The van der Waals surface area contributed by atoms with Crippen LogP contribution in [0.1, 0.15) is 5.56 Å². The summed E-state index contributed by atoms with van der Waals surface area (Å²) in [5.74, 6) is 0.653. The van der Waals surface area contributed by atoms with Crippen LogP contribution in [0.2, 0.25) is 0 Å². The van der Waals surface area contributed by atoms with Crippen LogP contribution in [0.3, 0.4) is 0 Å². The molecule has 0 fully saturated rings. The van der Waals surface area contributed by atoms with Crippen molar-refractivity contribution in [2.24, 2.45) is 9.98 Å². The Bertz CT molecular complexity index is 776. The second-order valence-corrected chi connectivity index (χ2v) is 5.24. The summed E-state index contributed by atoms with van der Waals surface area (Å²) in [6, 6.07) is 27.1. The summed E-state index contributed by atoms with van der Waals surface area (Å²) < 4.78 is 0. The van der Waals surface area contributed by atoms with E-state index in [1.807, 2.05) is 36.4 Å². The molecule has 0 aliphatic heterocycles. The maximum Gasteiger partial charge on any atom is 0.153 e. The van der Waals surface area contributed by atoms with Crippen LogP contribution in [0.15, 0.2) is 88.8 Å². The van der Waals surface area contributed by atoms with Crippen LogP contribution in [0.4, 0.5) is 0 Å². The first-order valence-electron chi connectivity index (χ1n) is 7.51. The minimum Gasteiger partial charge on any atom is -0.270 e. The summed E-state index contributed by atoms with van der Waals surface area (Å²) >= 11 is 0. The quantitative estimate of drug-likeness (QED) is 0.475. The molecule has 0 saturated carbocycles. The zero-order chi connectivity index (χ0) is 16.1. The lowest BCUT2D eigenvalue weighted by Gasteiger charge is -2.10. The third-order valence-corrected chi connectivity index (χ3v) is 3.77. The largest absolute Gasteiger partial charge is 0.270 e. The first-order valence-corrected chi connectivity index (χ1v) is 7.51. The van der Waals surface area contributed by atoms with Gasteiger partial charge in [0.25, 0.3) is 0 Å². The molecule has 3 aromatic carbocycles. The molecule has 0 heterocycles. The standard InChI is InChI=1S/C21H18N2/c1-22-21(23-2)20-14-18(16-9-5-3-6-10-16)13-19(15-20)17-11-7-4-8-12-17/h3-15H,1H2,2H3. The van der Waals surface area contributed by atoms with E-state index in [0.29, 0.717) is 5.84 Å². The van der Waals surface area contributed by atoms with E-state index in [0.717, 1.165) is 16.7 Å². The predicted molar refractivity (Wildman–Crippen MR) is 99.3 cm³/mol. The van der Waals surface area contributed by atoms with Crippen LogP contribution in [0.25, 0.3) is 22.3 Å². The van der Waals surface area contributed by atoms with E-state index in [1.54, 1.807) is 7.05 Å². The summed E-state index contributed by atoms with van der Waals surface area (Å²) in [5.41, 5.74) is 5.61. The Balaban J connectivity index is 2.21. The average Bonchev–Trinajstić information content (AvgIpc) is 2.64. The van der Waals surface area contributed by atoms with E-state index in [1.165, 1.54) is 11.1 Å². The zero-order valence-corrected chi connectivity index (χ0v) is 13.1. The molecule has 0 amide bonds. The molecule has 0 bridgehead atoms. The SMILES string of the molecule is C=NC(=NC)c1cc(-c2ccccc2)cc(-c2ccccc2)c1. The van der Waals surface area contributed by atoms with Crippen LogP contribution in [0.5, 0.6) is 0 Å². The molecular formula is C21H18N2. The molecule has 3 aromatic rings. The first-order chi connectivity index (χ1) is 11.3. The molecule has 0 N–H and O–H groups in total. The zero-order valence-electron chi connectivity index (χ0n) is 13.1. The fourth-order valence-corrected chi connectivity index (χ4v) is 2.64. The molecule has 0 aliphatic carbocycles. The van der Waals surface area contributed by atoms with Crippen molar-refractivity contribution < 1.29 is 0 Å². The van der Waals surface area contributed by atoms with E-state index >= 15 is 0 Å². The lowest BCUT2D eigenvalue weighted by Crippen LogP contribution is -1.98. The van der Waals surface area contributed by atoms with Crippen LogP contribution in [-0.2, 0) is 0 Å². The van der Waals surface area contributed by atoms with Crippen molar-refractivity contribution >= 4 is 12.6 Å². The average molecular weight is 298 g/mol. The van der Waals surface area contributed by atoms with Gasteiger partial charge < -0.3 is 0 Å². The number of hydrogen-bond acceptors (Lipinski definition) is 1. The summed E-state index contributed by atoms with van der Waals surface area (Å²) in [5, 5.41) is 0. The van der Waals surface area contributed by atoms with Gasteiger partial charge in [-0.3, -0.25) is 4.99 Å². The predicted octanol–water partition coefficient (Wildman–Crippen LogP) is 5.10. The van der Waals surface area contributed by atoms with Crippen molar-refractivity contribution in [3.05, 3.63) is 84.4 Å². The molecule has 2 heteroatoms. The van der Waals surface area contributed by atoms with Crippen molar-refractivity contribution in [2.75, 3.05) is 7.05 Å². The van der Waals surface area contributed by atoms with Gasteiger partial charge in [0.1, 0.15) is 0 Å². The maximum atomic E-state index is 4.23. The second kappa shape index (κ2) is 6.84. The second-order valence-electron chi connectivity index (χ2n) is 5.24. The summed E-state index contributed by atoms with van der Waals surface area (Å²) in [6.07, 6.45) is 0. The Labute approximate surface area is 136 Å². The van der Waals surface area contributed by atoms with Crippen LogP contribution in [0, 0.1) is 0 Å². The molecule has 2 nitrogen and oxygen atoms in total. The van der Waals surface area contributed by atoms with E-state index in [-0.39, 0.29) is 0 Å². The van der Waals surface area contributed by atoms with Crippen LogP contribution >= 0.6 is 0 Å². The third kappa shape index (κ3) is 3.27. The van der Waals surface area contributed by atoms with Gasteiger partial charge in [-0.05, 0) is 47.2 Å². The Kier molecular flexibility index (Phi) is 4.44. The lowest BCUT2D eigenvalue weighted by atomic mass is 9.96. The van der Waals surface area contributed by atoms with Gasteiger partial charge in [0, 0.05) is 12.6 Å². The number of benzene rings is 3. The van der Waals surface area contributed by atoms with Gasteiger partial charge in [-0.1, -0.05) is 60.7 Å². The van der Waals surface area contributed by atoms with Gasteiger partial charge in [-0.25, -0.2) is 4.99 Å². The molecule has 3 rings (SSSR count). The van der Waals surface area contributed by atoms with Crippen molar-refractivity contribution in [1.29, 1.82) is 0 Å².